The first-order chi connectivity index (χ1) is 13.1. The molecule has 0 amide bonds. The summed E-state index contributed by atoms with van der Waals surface area (Å²) in [5.41, 5.74) is 4.62. The van der Waals surface area contributed by atoms with Crippen LogP contribution in [0.5, 0.6) is 0 Å². The Hall–Kier alpha value is -2.35. The Kier molecular flexibility index (Phi) is 5.15. The first-order valence-electron chi connectivity index (χ1n) is 10.3. The molecule has 1 aliphatic carbocycles. The molecule has 2 nitrogen and oxygen atoms in total. The second kappa shape index (κ2) is 7.72. The number of benzene rings is 2. The molecule has 2 heteroatoms. The van der Waals surface area contributed by atoms with E-state index in [2.05, 4.69) is 69.3 Å². The summed E-state index contributed by atoms with van der Waals surface area (Å²) >= 11 is 0. The van der Waals surface area contributed by atoms with Crippen molar-refractivity contribution in [2.75, 3.05) is 0 Å². The van der Waals surface area contributed by atoms with E-state index in [4.69, 9.17) is 9.41 Å². The standard InChI is InChI=1S/C25H29NO/c1-17(2)19-10-12-20(13-11-19)25-16-23(26-21-7-5-4-6-8-21)22-15-18(3)9-14-24(22)27-25/h9-17,21H,4-8H2,1-3H3. The van der Waals surface area contributed by atoms with Crippen molar-refractivity contribution in [1.29, 1.82) is 0 Å². The van der Waals surface area contributed by atoms with Gasteiger partial charge in [-0.25, -0.2) is 0 Å². The van der Waals surface area contributed by atoms with Crippen LogP contribution in [0.1, 0.15) is 63.0 Å². The monoisotopic (exact) mass is 359 g/mol. The van der Waals surface area contributed by atoms with Gasteiger partial charge in [0.25, 0.3) is 0 Å². The Morgan fingerprint density at radius 3 is 2.37 bits per heavy atom. The first kappa shape index (κ1) is 18.0. The van der Waals surface area contributed by atoms with Crippen molar-refractivity contribution in [3.8, 4) is 11.3 Å². The molecule has 1 saturated carbocycles. The zero-order chi connectivity index (χ0) is 18.8. The van der Waals surface area contributed by atoms with Crippen LogP contribution in [0.3, 0.4) is 0 Å². The largest absolute Gasteiger partial charge is 0.456 e. The number of rotatable bonds is 3. The fraction of sp³-hybridized carbons (Fsp3) is 0.400. The Morgan fingerprint density at radius 1 is 0.926 bits per heavy atom. The van der Waals surface area contributed by atoms with Gasteiger partial charge in [0.05, 0.1) is 11.4 Å². The summed E-state index contributed by atoms with van der Waals surface area (Å²) in [6.45, 7) is 6.57. The molecule has 0 radical (unpaired) electrons. The zero-order valence-electron chi connectivity index (χ0n) is 16.7. The summed E-state index contributed by atoms with van der Waals surface area (Å²) in [4.78, 5) is 5.16. The van der Waals surface area contributed by atoms with E-state index in [1.54, 1.807) is 0 Å². The van der Waals surface area contributed by atoms with Gasteiger partial charge in [-0.1, -0.05) is 69.0 Å². The molecule has 1 heterocycles. The average molecular weight is 360 g/mol. The summed E-state index contributed by atoms with van der Waals surface area (Å²) in [6.07, 6.45) is 6.36. The fourth-order valence-corrected chi connectivity index (χ4v) is 3.97. The number of fused-ring (bicyclic) bond motifs is 1. The summed E-state index contributed by atoms with van der Waals surface area (Å²) < 4.78 is 6.27. The van der Waals surface area contributed by atoms with Crippen LogP contribution >= 0.6 is 0 Å². The van der Waals surface area contributed by atoms with Crippen molar-refractivity contribution in [1.82, 2.24) is 0 Å². The molecule has 0 saturated heterocycles. The predicted molar refractivity (Wildman–Crippen MR) is 113 cm³/mol. The number of aryl methyl sites for hydroxylation is 1. The zero-order valence-corrected chi connectivity index (χ0v) is 16.7. The van der Waals surface area contributed by atoms with Gasteiger partial charge in [-0.3, -0.25) is 4.99 Å². The number of hydrogen-bond acceptors (Lipinski definition) is 2. The van der Waals surface area contributed by atoms with Crippen molar-refractivity contribution in [3.63, 3.8) is 0 Å². The maximum atomic E-state index is 6.27. The highest BCUT2D eigenvalue weighted by Crippen LogP contribution is 2.26. The average Bonchev–Trinajstić information content (AvgIpc) is 2.69. The third kappa shape index (κ3) is 4.00. The van der Waals surface area contributed by atoms with Crippen LogP contribution in [0.4, 0.5) is 0 Å². The third-order valence-corrected chi connectivity index (χ3v) is 5.66. The SMILES string of the molecule is Cc1ccc2oc(-c3ccc(C(C)C)cc3)cc(=NC3CCCCC3)c2c1. The fourth-order valence-electron chi connectivity index (χ4n) is 3.97. The van der Waals surface area contributed by atoms with Crippen LogP contribution in [-0.4, -0.2) is 6.04 Å². The van der Waals surface area contributed by atoms with Crippen LogP contribution in [0, 0.1) is 6.92 Å². The molecule has 0 N–H and O–H groups in total. The van der Waals surface area contributed by atoms with Gasteiger partial charge in [0.1, 0.15) is 11.3 Å². The molecule has 140 valence electrons. The number of nitrogens with zero attached hydrogens (tertiary/aromatic N) is 1. The second-order valence-electron chi connectivity index (χ2n) is 8.19. The normalized spacial score (nSPS) is 16.4. The van der Waals surface area contributed by atoms with Gasteiger partial charge in [-0.05, 0) is 43.4 Å². The number of hydrogen-bond donors (Lipinski definition) is 0. The molecule has 0 bridgehead atoms. The summed E-state index contributed by atoms with van der Waals surface area (Å²) in [5, 5.41) is 2.21. The lowest BCUT2D eigenvalue weighted by molar-refractivity contribution is 0.437. The molecule has 0 atom stereocenters. The highest BCUT2D eigenvalue weighted by molar-refractivity contribution is 5.79. The van der Waals surface area contributed by atoms with E-state index < -0.39 is 0 Å². The smallest absolute Gasteiger partial charge is 0.136 e. The third-order valence-electron chi connectivity index (χ3n) is 5.66. The summed E-state index contributed by atoms with van der Waals surface area (Å²) in [6, 6.07) is 17.7. The van der Waals surface area contributed by atoms with Gasteiger partial charge in [0.15, 0.2) is 0 Å². The Bertz CT molecular complexity index is 989. The van der Waals surface area contributed by atoms with Crippen molar-refractivity contribution in [2.24, 2.45) is 4.99 Å². The van der Waals surface area contributed by atoms with E-state index in [0.29, 0.717) is 12.0 Å². The molecule has 2 aromatic carbocycles. The topological polar surface area (TPSA) is 25.5 Å². The van der Waals surface area contributed by atoms with Gasteiger partial charge in [0.2, 0.25) is 0 Å². The molecule has 27 heavy (non-hydrogen) atoms. The van der Waals surface area contributed by atoms with E-state index in [1.165, 1.54) is 43.2 Å². The van der Waals surface area contributed by atoms with Crippen molar-refractivity contribution < 1.29 is 4.42 Å². The lowest BCUT2D eigenvalue weighted by Gasteiger charge is -2.17. The molecular formula is C25H29NO. The molecule has 4 rings (SSSR count). The highest BCUT2D eigenvalue weighted by atomic mass is 16.3. The van der Waals surface area contributed by atoms with Crippen LogP contribution in [-0.2, 0) is 0 Å². The van der Waals surface area contributed by atoms with E-state index >= 15 is 0 Å². The van der Waals surface area contributed by atoms with Crippen LogP contribution in [0.2, 0.25) is 0 Å². The molecule has 1 fully saturated rings. The first-order valence-corrected chi connectivity index (χ1v) is 10.3. The maximum absolute atomic E-state index is 6.27. The lowest BCUT2D eigenvalue weighted by Crippen LogP contribution is -2.15. The molecule has 0 spiro atoms. The Balaban J connectivity index is 1.84. The van der Waals surface area contributed by atoms with Gasteiger partial charge in [-0.15, -0.1) is 0 Å². The minimum atomic E-state index is 0.445. The maximum Gasteiger partial charge on any atom is 0.136 e. The van der Waals surface area contributed by atoms with E-state index in [9.17, 15) is 0 Å². The van der Waals surface area contributed by atoms with Gasteiger partial charge >= 0.3 is 0 Å². The Morgan fingerprint density at radius 2 is 1.67 bits per heavy atom. The minimum absolute atomic E-state index is 0.445. The highest BCUT2D eigenvalue weighted by Gasteiger charge is 2.13. The minimum Gasteiger partial charge on any atom is -0.456 e. The van der Waals surface area contributed by atoms with Crippen molar-refractivity contribution >= 4 is 11.0 Å². The van der Waals surface area contributed by atoms with Crippen LogP contribution in [0.25, 0.3) is 22.3 Å². The van der Waals surface area contributed by atoms with E-state index in [0.717, 1.165) is 27.7 Å². The lowest BCUT2D eigenvalue weighted by atomic mass is 9.96. The molecular weight excluding hydrogens is 330 g/mol. The second-order valence-corrected chi connectivity index (χ2v) is 8.19. The Labute approximate surface area is 162 Å². The van der Waals surface area contributed by atoms with Gasteiger partial charge in [-0.2, -0.15) is 0 Å². The molecule has 0 aliphatic heterocycles. The molecule has 0 unspecified atom stereocenters. The van der Waals surface area contributed by atoms with Crippen molar-refractivity contribution in [3.05, 3.63) is 65.0 Å². The van der Waals surface area contributed by atoms with E-state index in [-0.39, 0.29) is 0 Å². The quantitative estimate of drug-likeness (QED) is 0.507. The summed E-state index contributed by atoms with van der Waals surface area (Å²) in [5.74, 6) is 1.43. The van der Waals surface area contributed by atoms with Gasteiger partial charge in [0, 0.05) is 17.0 Å². The molecule has 1 aliphatic rings. The van der Waals surface area contributed by atoms with Crippen molar-refractivity contribution in [2.45, 2.75) is 64.8 Å². The van der Waals surface area contributed by atoms with Gasteiger partial charge < -0.3 is 4.42 Å². The predicted octanol–water partition coefficient (Wildman–Crippen LogP) is 6.77. The van der Waals surface area contributed by atoms with Crippen LogP contribution < -0.4 is 5.36 Å². The van der Waals surface area contributed by atoms with E-state index in [1.807, 2.05) is 0 Å². The van der Waals surface area contributed by atoms with Crippen LogP contribution in [0.15, 0.2) is 57.9 Å². The molecule has 3 aromatic rings. The summed E-state index contributed by atoms with van der Waals surface area (Å²) in [7, 11) is 0. The molecule has 1 aromatic heterocycles.